The van der Waals surface area contributed by atoms with E-state index in [1.165, 1.54) is 19.3 Å². The summed E-state index contributed by atoms with van der Waals surface area (Å²) in [5.74, 6) is 5.73. The molecule has 0 spiro atoms. The minimum atomic E-state index is -0.0893. The maximum Gasteiger partial charge on any atom is 0.248 e. The van der Waals surface area contributed by atoms with Crippen LogP contribution in [0.1, 0.15) is 33.1 Å². The van der Waals surface area contributed by atoms with Gasteiger partial charge in [0.15, 0.2) is 0 Å². The van der Waals surface area contributed by atoms with Gasteiger partial charge in [-0.3, -0.25) is 15.1 Å². The van der Waals surface area contributed by atoms with Gasteiger partial charge in [-0.15, -0.1) is 0 Å². The van der Waals surface area contributed by atoms with Crippen LogP contribution in [0.5, 0.6) is 0 Å². The van der Waals surface area contributed by atoms with Gasteiger partial charge in [-0.05, 0) is 25.7 Å². The molecule has 0 radical (unpaired) electrons. The SMILES string of the molecule is CC[C@@H]1CC[C@H](C)N(CC(=O)NN)C1. The number of hydrogen-bond donors (Lipinski definition) is 2. The van der Waals surface area contributed by atoms with Crippen molar-refractivity contribution in [3.63, 3.8) is 0 Å². The van der Waals surface area contributed by atoms with Crippen LogP contribution in [0.4, 0.5) is 0 Å². The Kier molecular flexibility index (Phi) is 4.35. The number of nitrogens with zero attached hydrogens (tertiary/aromatic N) is 1. The molecule has 14 heavy (non-hydrogen) atoms. The van der Waals surface area contributed by atoms with Crippen LogP contribution in [0.2, 0.25) is 0 Å². The van der Waals surface area contributed by atoms with Crippen molar-refractivity contribution in [1.29, 1.82) is 0 Å². The molecule has 2 atom stereocenters. The standard InChI is InChI=1S/C10H21N3O/c1-3-9-5-4-8(2)13(6-9)7-10(14)12-11/h8-9H,3-7,11H2,1-2H3,(H,12,14)/t8-,9+/m0/s1. The average Bonchev–Trinajstić information content (AvgIpc) is 2.21. The summed E-state index contributed by atoms with van der Waals surface area (Å²) in [6.07, 6.45) is 3.68. The van der Waals surface area contributed by atoms with Crippen LogP contribution >= 0.6 is 0 Å². The van der Waals surface area contributed by atoms with Crippen molar-refractivity contribution in [3.8, 4) is 0 Å². The Bertz CT molecular complexity index is 196. The predicted molar refractivity (Wildman–Crippen MR) is 56.4 cm³/mol. The van der Waals surface area contributed by atoms with Crippen molar-refractivity contribution < 1.29 is 4.79 Å². The topological polar surface area (TPSA) is 58.4 Å². The lowest BCUT2D eigenvalue weighted by Gasteiger charge is -2.37. The van der Waals surface area contributed by atoms with Crippen LogP contribution in [-0.4, -0.2) is 29.9 Å². The van der Waals surface area contributed by atoms with E-state index in [1.807, 2.05) is 0 Å². The predicted octanol–water partition coefficient (Wildman–Crippen LogP) is 0.487. The molecule has 1 aliphatic heterocycles. The molecule has 0 unspecified atom stereocenters. The van der Waals surface area contributed by atoms with E-state index < -0.39 is 0 Å². The van der Waals surface area contributed by atoms with Gasteiger partial charge in [0.2, 0.25) is 5.91 Å². The molecule has 1 heterocycles. The summed E-state index contributed by atoms with van der Waals surface area (Å²) in [7, 11) is 0. The Morgan fingerprint density at radius 1 is 1.57 bits per heavy atom. The van der Waals surface area contributed by atoms with Crippen LogP contribution < -0.4 is 11.3 Å². The third-order valence-electron chi connectivity index (χ3n) is 3.19. The smallest absolute Gasteiger partial charge is 0.248 e. The molecular weight excluding hydrogens is 178 g/mol. The number of hydrogen-bond acceptors (Lipinski definition) is 3. The summed E-state index contributed by atoms with van der Waals surface area (Å²) in [4.78, 5) is 13.4. The van der Waals surface area contributed by atoms with Gasteiger partial charge in [0.1, 0.15) is 0 Å². The number of carbonyl (C=O) groups is 1. The van der Waals surface area contributed by atoms with Gasteiger partial charge in [-0.1, -0.05) is 13.3 Å². The van der Waals surface area contributed by atoms with E-state index in [1.54, 1.807) is 0 Å². The summed E-state index contributed by atoms with van der Waals surface area (Å²) in [6, 6.07) is 0.509. The van der Waals surface area contributed by atoms with Crippen LogP contribution in [0, 0.1) is 5.92 Å². The molecule has 1 aliphatic rings. The molecule has 0 aromatic rings. The number of rotatable bonds is 3. The molecule has 1 rings (SSSR count). The zero-order chi connectivity index (χ0) is 10.6. The normalized spacial score (nSPS) is 28.8. The lowest BCUT2D eigenvalue weighted by atomic mass is 9.91. The van der Waals surface area contributed by atoms with Gasteiger partial charge < -0.3 is 0 Å². The number of carbonyl (C=O) groups excluding carboxylic acids is 1. The van der Waals surface area contributed by atoms with Crippen molar-refractivity contribution in [2.24, 2.45) is 11.8 Å². The van der Waals surface area contributed by atoms with E-state index in [0.717, 1.165) is 12.5 Å². The number of amides is 1. The third kappa shape index (κ3) is 2.96. The van der Waals surface area contributed by atoms with Gasteiger partial charge in [0, 0.05) is 12.6 Å². The first kappa shape index (κ1) is 11.5. The zero-order valence-corrected chi connectivity index (χ0v) is 9.12. The molecule has 4 heteroatoms. The Balaban J connectivity index is 2.44. The summed E-state index contributed by atoms with van der Waals surface area (Å²) >= 11 is 0. The molecule has 0 aliphatic carbocycles. The first-order valence-electron chi connectivity index (χ1n) is 5.40. The molecule has 0 aromatic carbocycles. The fourth-order valence-corrected chi connectivity index (χ4v) is 2.05. The highest BCUT2D eigenvalue weighted by molar-refractivity contribution is 5.77. The molecule has 1 saturated heterocycles. The average molecular weight is 199 g/mol. The van der Waals surface area contributed by atoms with Crippen molar-refractivity contribution in [2.75, 3.05) is 13.1 Å². The fourth-order valence-electron chi connectivity index (χ4n) is 2.05. The molecule has 0 bridgehead atoms. The summed E-state index contributed by atoms with van der Waals surface area (Å²) in [5, 5.41) is 0. The second-order valence-corrected chi connectivity index (χ2v) is 4.20. The highest BCUT2D eigenvalue weighted by Crippen LogP contribution is 2.23. The number of nitrogens with two attached hydrogens (primary N) is 1. The quantitative estimate of drug-likeness (QED) is 0.395. The lowest BCUT2D eigenvalue weighted by Crippen LogP contribution is -2.48. The van der Waals surface area contributed by atoms with E-state index in [2.05, 4.69) is 24.2 Å². The zero-order valence-electron chi connectivity index (χ0n) is 9.12. The Hall–Kier alpha value is -0.610. The van der Waals surface area contributed by atoms with Crippen molar-refractivity contribution >= 4 is 5.91 Å². The molecular formula is C10H21N3O. The second-order valence-electron chi connectivity index (χ2n) is 4.20. The molecule has 1 fully saturated rings. The summed E-state index contributed by atoms with van der Waals surface area (Å²) in [6.45, 7) is 5.86. The Morgan fingerprint density at radius 2 is 2.29 bits per heavy atom. The highest BCUT2D eigenvalue weighted by atomic mass is 16.2. The lowest BCUT2D eigenvalue weighted by molar-refractivity contribution is -0.123. The van der Waals surface area contributed by atoms with Gasteiger partial charge in [0.05, 0.1) is 6.54 Å². The van der Waals surface area contributed by atoms with Crippen LogP contribution in [0.25, 0.3) is 0 Å². The first-order chi connectivity index (χ1) is 6.67. The second kappa shape index (κ2) is 5.32. The number of nitrogens with one attached hydrogen (secondary N) is 1. The maximum absolute atomic E-state index is 11.1. The Morgan fingerprint density at radius 3 is 2.86 bits per heavy atom. The van der Waals surface area contributed by atoms with Gasteiger partial charge in [-0.2, -0.15) is 0 Å². The monoisotopic (exact) mass is 199 g/mol. The van der Waals surface area contributed by atoms with Gasteiger partial charge >= 0.3 is 0 Å². The number of likely N-dealkylation sites (tertiary alicyclic amines) is 1. The summed E-state index contributed by atoms with van der Waals surface area (Å²) < 4.78 is 0. The summed E-state index contributed by atoms with van der Waals surface area (Å²) in [5.41, 5.74) is 2.19. The molecule has 82 valence electrons. The van der Waals surface area contributed by atoms with Crippen LogP contribution in [-0.2, 0) is 4.79 Å². The molecule has 3 N–H and O–H groups in total. The van der Waals surface area contributed by atoms with Crippen LogP contribution in [0.3, 0.4) is 0 Å². The van der Waals surface area contributed by atoms with E-state index in [0.29, 0.717) is 12.6 Å². The van der Waals surface area contributed by atoms with Crippen molar-refractivity contribution in [1.82, 2.24) is 10.3 Å². The molecule has 0 aromatic heterocycles. The van der Waals surface area contributed by atoms with E-state index in [4.69, 9.17) is 5.84 Å². The van der Waals surface area contributed by atoms with Gasteiger partial charge in [0.25, 0.3) is 0 Å². The van der Waals surface area contributed by atoms with Crippen LogP contribution in [0.15, 0.2) is 0 Å². The Labute approximate surface area is 85.8 Å². The van der Waals surface area contributed by atoms with Crippen molar-refractivity contribution in [3.05, 3.63) is 0 Å². The largest absolute Gasteiger partial charge is 0.293 e. The first-order valence-corrected chi connectivity index (χ1v) is 5.40. The molecule has 4 nitrogen and oxygen atoms in total. The minimum absolute atomic E-state index is 0.0893. The maximum atomic E-state index is 11.1. The third-order valence-corrected chi connectivity index (χ3v) is 3.19. The van der Waals surface area contributed by atoms with Crippen molar-refractivity contribution in [2.45, 2.75) is 39.2 Å². The van der Waals surface area contributed by atoms with Gasteiger partial charge in [-0.25, -0.2) is 5.84 Å². The number of hydrazine groups is 1. The highest BCUT2D eigenvalue weighted by Gasteiger charge is 2.25. The molecule has 1 amide bonds. The van der Waals surface area contributed by atoms with E-state index >= 15 is 0 Å². The minimum Gasteiger partial charge on any atom is -0.293 e. The number of piperidine rings is 1. The van der Waals surface area contributed by atoms with E-state index in [-0.39, 0.29) is 5.91 Å². The van der Waals surface area contributed by atoms with E-state index in [9.17, 15) is 4.79 Å². The molecule has 0 saturated carbocycles. The fraction of sp³-hybridized carbons (Fsp3) is 0.900.